The van der Waals surface area contributed by atoms with Crippen molar-refractivity contribution in [3.05, 3.63) is 82.9 Å². The van der Waals surface area contributed by atoms with E-state index < -0.39 is 12.1 Å². The number of hydrogen-bond acceptors (Lipinski definition) is 5. The molecule has 0 aliphatic heterocycles. The van der Waals surface area contributed by atoms with Crippen LogP contribution in [0.1, 0.15) is 33.6 Å². The molecule has 0 spiro atoms. The maximum Gasteiger partial charge on any atom is 0.490 e. The van der Waals surface area contributed by atoms with Crippen molar-refractivity contribution in [3.63, 3.8) is 0 Å². The van der Waals surface area contributed by atoms with Gasteiger partial charge in [0, 0.05) is 22.9 Å². The van der Waals surface area contributed by atoms with E-state index in [2.05, 4.69) is 16.0 Å². The number of carbonyl (C=O) groups is 4. The molecule has 0 bridgehead atoms. The van der Waals surface area contributed by atoms with Crippen LogP contribution in [0.25, 0.3) is 0 Å². The molecule has 1 saturated carbocycles. The number of aliphatic carboxylic acids is 1. The van der Waals surface area contributed by atoms with Crippen molar-refractivity contribution < 1.29 is 37.5 Å². The molecule has 3 aromatic rings. The second kappa shape index (κ2) is 12.3. The Labute approximate surface area is 225 Å². The van der Waals surface area contributed by atoms with Gasteiger partial charge < -0.3 is 26.8 Å². The average Bonchev–Trinajstić information content (AvgIpc) is 3.72. The van der Waals surface area contributed by atoms with Crippen LogP contribution in [0.3, 0.4) is 0 Å². The summed E-state index contributed by atoms with van der Waals surface area (Å²) in [5.74, 6) is -3.42. The Morgan fingerprint density at radius 2 is 1.44 bits per heavy atom. The van der Waals surface area contributed by atoms with Crippen LogP contribution in [0, 0.1) is 5.92 Å². The topological polar surface area (TPSA) is 151 Å². The summed E-state index contributed by atoms with van der Waals surface area (Å²) in [5, 5.41) is 15.8. The van der Waals surface area contributed by atoms with Gasteiger partial charge in [0.1, 0.15) is 0 Å². The molecule has 204 valence electrons. The predicted octanol–water partition coefficient (Wildman–Crippen LogP) is 5.41. The molecule has 0 unspecified atom stereocenters. The van der Waals surface area contributed by atoms with E-state index in [0.717, 1.165) is 12.8 Å². The van der Waals surface area contributed by atoms with Crippen LogP contribution in [0.2, 0.25) is 5.02 Å². The number of amides is 3. The highest BCUT2D eigenvalue weighted by Gasteiger charge is 2.38. The normalized spacial score (nSPS) is 12.4. The first-order chi connectivity index (χ1) is 18.3. The standard InChI is InChI=1S/C24H21ClN4O3.C2HF3O2/c25-19-4-2-1-3-18(19)24(32)27-16-9-7-15(8-10-16)23(31)29-21-13-17(11-12-20(21)26)28-22(30)14-5-6-14;3-2(4,5)1(6)7/h1-4,7-14H,5-6,26H2,(H,27,32)(H,28,30)(H,29,31);(H,6,7). The minimum absolute atomic E-state index is 0.0264. The van der Waals surface area contributed by atoms with E-state index in [1.54, 1.807) is 66.7 Å². The van der Waals surface area contributed by atoms with E-state index in [1.807, 2.05) is 0 Å². The zero-order valence-corrected chi connectivity index (χ0v) is 20.8. The van der Waals surface area contributed by atoms with Gasteiger partial charge in [-0.15, -0.1) is 0 Å². The number of alkyl halides is 3. The fourth-order valence-electron chi connectivity index (χ4n) is 3.08. The molecule has 1 aliphatic rings. The first-order valence-electron chi connectivity index (χ1n) is 11.3. The SMILES string of the molecule is Nc1ccc(NC(=O)C2CC2)cc1NC(=O)c1ccc(NC(=O)c2ccccc2Cl)cc1.O=C(O)C(F)(F)F. The molecule has 1 aliphatic carbocycles. The van der Waals surface area contributed by atoms with Crippen LogP contribution in [0.4, 0.5) is 35.9 Å². The van der Waals surface area contributed by atoms with Crippen LogP contribution >= 0.6 is 11.6 Å². The lowest BCUT2D eigenvalue weighted by Gasteiger charge is -2.12. The van der Waals surface area contributed by atoms with Gasteiger partial charge in [-0.1, -0.05) is 23.7 Å². The minimum Gasteiger partial charge on any atom is -0.475 e. The Balaban J connectivity index is 0.000000532. The lowest BCUT2D eigenvalue weighted by atomic mass is 10.1. The largest absolute Gasteiger partial charge is 0.490 e. The molecule has 3 amide bonds. The molecule has 39 heavy (non-hydrogen) atoms. The van der Waals surface area contributed by atoms with Crippen LogP contribution in [-0.2, 0) is 9.59 Å². The Bertz CT molecular complexity index is 1390. The number of anilines is 4. The third-order valence-corrected chi connectivity index (χ3v) is 5.61. The minimum atomic E-state index is -5.08. The molecule has 0 saturated heterocycles. The van der Waals surface area contributed by atoms with E-state index in [-0.39, 0.29) is 23.6 Å². The van der Waals surface area contributed by atoms with Gasteiger partial charge >= 0.3 is 12.1 Å². The second-order valence-electron chi connectivity index (χ2n) is 8.33. The Morgan fingerprint density at radius 1 is 0.846 bits per heavy atom. The molecule has 0 heterocycles. The summed E-state index contributed by atoms with van der Waals surface area (Å²) in [6, 6.07) is 18.1. The molecule has 0 atom stereocenters. The summed E-state index contributed by atoms with van der Waals surface area (Å²) in [5.41, 5.74) is 8.60. The van der Waals surface area contributed by atoms with Crippen LogP contribution in [0.15, 0.2) is 66.7 Å². The number of nitrogens with one attached hydrogen (secondary N) is 3. The van der Waals surface area contributed by atoms with Gasteiger partial charge in [0.05, 0.1) is 22.0 Å². The number of carbonyl (C=O) groups excluding carboxylic acids is 3. The number of hydrogen-bond donors (Lipinski definition) is 5. The van der Waals surface area contributed by atoms with Crippen molar-refractivity contribution in [1.82, 2.24) is 0 Å². The number of nitrogen functional groups attached to an aromatic ring is 1. The van der Waals surface area contributed by atoms with E-state index in [4.69, 9.17) is 27.2 Å². The molecule has 0 aromatic heterocycles. The van der Waals surface area contributed by atoms with E-state index in [9.17, 15) is 27.6 Å². The average molecular weight is 563 g/mol. The van der Waals surface area contributed by atoms with Crippen molar-refractivity contribution >= 4 is 58.0 Å². The highest BCUT2D eigenvalue weighted by Crippen LogP contribution is 2.31. The summed E-state index contributed by atoms with van der Waals surface area (Å²) in [4.78, 5) is 45.9. The number of carboxylic acids is 1. The van der Waals surface area contributed by atoms with Crippen LogP contribution in [-0.4, -0.2) is 35.0 Å². The summed E-state index contributed by atoms with van der Waals surface area (Å²) in [6.07, 6.45) is -3.28. The zero-order chi connectivity index (χ0) is 28.7. The highest BCUT2D eigenvalue weighted by atomic mass is 35.5. The number of nitrogens with two attached hydrogens (primary N) is 1. The van der Waals surface area contributed by atoms with Crippen LogP contribution in [0.5, 0.6) is 0 Å². The Morgan fingerprint density at radius 3 is 2.00 bits per heavy atom. The van der Waals surface area contributed by atoms with Gasteiger partial charge in [-0.05, 0) is 67.4 Å². The van der Waals surface area contributed by atoms with E-state index in [1.165, 1.54) is 0 Å². The third-order valence-electron chi connectivity index (χ3n) is 5.28. The van der Waals surface area contributed by atoms with Crippen LogP contribution < -0.4 is 21.7 Å². The predicted molar refractivity (Wildman–Crippen MR) is 140 cm³/mol. The molecular formula is C26H22ClF3N4O5. The van der Waals surface area contributed by atoms with Crippen molar-refractivity contribution in [2.24, 2.45) is 5.92 Å². The summed E-state index contributed by atoms with van der Waals surface area (Å²) >= 11 is 6.05. The van der Waals surface area contributed by atoms with Crippen molar-refractivity contribution in [2.75, 3.05) is 21.7 Å². The van der Waals surface area contributed by atoms with Gasteiger partial charge in [-0.3, -0.25) is 14.4 Å². The quantitative estimate of drug-likeness (QED) is 0.253. The Hall–Kier alpha value is -4.58. The summed E-state index contributed by atoms with van der Waals surface area (Å²) in [6.45, 7) is 0. The van der Waals surface area contributed by atoms with Crippen molar-refractivity contribution in [2.45, 2.75) is 19.0 Å². The summed E-state index contributed by atoms with van der Waals surface area (Å²) < 4.78 is 31.7. The molecule has 1 fully saturated rings. The maximum absolute atomic E-state index is 12.7. The zero-order valence-electron chi connectivity index (χ0n) is 20.0. The lowest BCUT2D eigenvalue weighted by Crippen LogP contribution is -2.21. The second-order valence-corrected chi connectivity index (χ2v) is 8.74. The lowest BCUT2D eigenvalue weighted by molar-refractivity contribution is -0.192. The number of halogens is 4. The third kappa shape index (κ3) is 8.47. The van der Waals surface area contributed by atoms with Crippen molar-refractivity contribution in [3.8, 4) is 0 Å². The molecule has 13 heteroatoms. The molecule has 6 N–H and O–H groups in total. The van der Waals surface area contributed by atoms with Gasteiger partial charge in [-0.2, -0.15) is 13.2 Å². The number of benzene rings is 3. The first kappa shape index (κ1) is 29.0. The van der Waals surface area contributed by atoms with Gasteiger partial charge in [0.15, 0.2) is 0 Å². The van der Waals surface area contributed by atoms with Crippen molar-refractivity contribution in [1.29, 1.82) is 0 Å². The maximum atomic E-state index is 12.7. The summed E-state index contributed by atoms with van der Waals surface area (Å²) in [7, 11) is 0. The smallest absolute Gasteiger partial charge is 0.475 e. The number of carboxylic acid groups (broad SMARTS) is 1. The fourth-order valence-corrected chi connectivity index (χ4v) is 3.30. The molecule has 9 nitrogen and oxygen atoms in total. The molecular weight excluding hydrogens is 541 g/mol. The van der Waals surface area contributed by atoms with Gasteiger partial charge in [0.25, 0.3) is 11.8 Å². The first-order valence-corrected chi connectivity index (χ1v) is 11.7. The van der Waals surface area contributed by atoms with E-state index >= 15 is 0 Å². The highest BCUT2D eigenvalue weighted by molar-refractivity contribution is 6.34. The number of rotatable bonds is 6. The fraction of sp³-hybridized carbons (Fsp3) is 0.154. The van der Waals surface area contributed by atoms with Gasteiger partial charge in [0.2, 0.25) is 5.91 Å². The molecule has 0 radical (unpaired) electrons. The van der Waals surface area contributed by atoms with Gasteiger partial charge in [-0.25, -0.2) is 4.79 Å². The molecule has 4 rings (SSSR count). The Kier molecular flexibility index (Phi) is 9.15. The monoisotopic (exact) mass is 562 g/mol. The van der Waals surface area contributed by atoms with E-state index in [0.29, 0.717) is 38.9 Å². The molecule has 3 aromatic carbocycles.